The molecule has 2 aromatic heterocycles. The first kappa shape index (κ1) is 20.6. The van der Waals surface area contributed by atoms with Crippen LogP contribution in [0.2, 0.25) is 0 Å². The first-order valence-corrected chi connectivity index (χ1v) is 9.67. The molecule has 1 aromatic carbocycles. The molecule has 6 nitrogen and oxygen atoms in total. The van der Waals surface area contributed by atoms with Crippen molar-refractivity contribution >= 4 is 35.6 Å². The second kappa shape index (κ2) is 9.36. The Hall–Kier alpha value is -2.16. The van der Waals surface area contributed by atoms with Crippen LogP contribution in [0.5, 0.6) is 0 Å². The van der Waals surface area contributed by atoms with Crippen LogP contribution in [0.25, 0.3) is 5.65 Å². The van der Waals surface area contributed by atoms with E-state index in [0.717, 1.165) is 43.5 Å². The lowest BCUT2D eigenvalue weighted by molar-refractivity contribution is 0.690. The molecule has 2 N–H and O–H groups in total. The molecule has 28 heavy (non-hydrogen) atoms. The number of guanidine groups is 1. The van der Waals surface area contributed by atoms with Crippen molar-refractivity contribution in [3.05, 3.63) is 66.1 Å². The molecular weight excluding hydrogens is 463 g/mol. The molecule has 0 atom stereocenters. The molecule has 7 heteroatoms. The van der Waals surface area contributed by atoms with Crippen molar-refractivity contribution in [2.45, 2.75) is 31.6 Å². The van der Waals surface area contributed by atoms with Gasteiger partial charge in [-0.15, -0.1) is 34.2 Å². The largest absolute Gasteiger partial charge is 0.357 e. The average Bonchev–Trinajstić information content (AvgIpc) is 3.41. The van der Waals surface area contributed by atoms with Gasteiger partial charge in [-0.2, -0.15) is 0 Å². The number of aromatic nitrogens is 3. The normalized spacial score (nSPS) is 15.1. The van der Waals surface area contributed by atoms with Gasteiger partial charge in [0.05, 0.1) is 6.54 Å². The maximum absolute atomic E-state index is 4.86. The van der Waals surface area contributed by atoms with Crippen LogP contribution in [-0.4, -0.2) is 40.2 Å². The highest BCUT2D eigenvalue weighted by molar-refractivity contribution is 14.0. The van der Waals surface area contributed by atoms with E-state index in [-0.39, 0.29) is 29.4 Å². The summed E-state index contributed by atoms with van der Waals surface area (Å²) in [7, 11) is 0. The summed E-state index contributed by atoms with van der Waals surface area (Å²) in [5.41, 5.74) is 2.51. The lowest BCUT2D eigenvalue weighted by Gasteiger charge is -2.15. The van der Waals surface area contributed by atoms with Crippen LogP contribution in [0, 0.1) is 0 Å². The van der Waals surface area contributed by atoms with Crippen LogP contribution in [0.15, 0.2) is 59.7 Å². The summed E-state index contributed by atoms with van der Waals surface area (Å²) in [6, 6.07) is 16.7. The molecule has 148 valence electrons. The fraction of sp³-hybridized carbons (Fsp3) is 0.381. The molecule has 3 aromatic rings. The van der Waals surface area contributed by atoms with Crippen molar-refractivity contribution in [2.75, 3.05) is 19.6 Å². The van der Waals surface area contributed by atoms with Crippen molar-refractivity contribution in [1.82, 2.24) is 25.2 Å². The predicted molar refractivity (Wildman–Crippen MR) is 123 cm³/mol. The van der Waals surface area contributed by atoms with Crippen LogP contribution in [0.4, 0.5) is 0 Å². The molecule has 1 aliphatic carbocycles. The minimum absolute atomic E-state index is 0. The van der Waals surface area contributed by atoms with E-state index < -0.39 is 0 Å². The van der Waals surface area contributed by atoms with Crippen LogP contribution in [0.1, 0.15) is 31.2 Å². The maximum atomic E-state index is 4.86. The van der Waals surface area contributed by atoms with E-state index in [1.807, 2.05) is 28.8 Å². The highest BCUT2D eigenvalue weighted by Gasteiger charge is 2.43. The van der Waals surface area contributed by atoms with Crippen molar-refractivity contribution in [3.63, 3.8) is 0 Å². The minimum Gasteiger partial charge on any atom is -0.357 e. The van der Waals surface area contributed by atoms with Gasteiger partial charge in [0, 0.05) is 31.1 Å². The highest BCUT2D eigenvalue weighted by Crippen LogP contribution is 2.48. The topological polar surface area (TPSA) is 66.6 Å². The third-order valence-electron chi connectivity index (χ3n) is 5.15. The van der Waals surface area contributed by atoms with E-state index in [4.69, 9.17) is 4.99 Å². The van der Waals surface area contributed by atoms with Gasteiger partial charge in [0.15, 0.2) is 11.6 Å². The van der Waals surface area contributed by atoms with Crippen LogP contribution < -0.4 is 10.6 Å². The third-order valence-corrected chi connectivity index (χ3v) is 5.15. The van der Waals surface area contributed by atoms with Crippen molar-refractivity contribution in [1.29, 1.82) is 0 Å². The quantitative estimate of drug-likeness (QED) is 0.304. The number of nitrogens with one attached hydrogen (secondary N) is 2. The van der Waals surface area contributed by atoms with Gasteiger partial charge in [-0.05, 0) is 37.5 Å². The zero-order valence-corrected chi connectivity index (χ0v) is 18.5. The standard InChI is InChI=1S/C21H26N6.HI/c1-2-22-20(24-16-21(12-13-21)17-8-4-3-5-9-17)23-14-11-19-26-25-18-10-6-7-15-27(18)19;/h3-10,15H,2,11-14,16H2,1H3,(H2,22,23,24);1H. The Balaban J connectivity index is 0.00000225. The molecule has 1 fully saturated rings. The second-order valence-corrected chi connectivity index (χ2v) is 7.06. The van der Waals surface area contributed by atoms with Gasteiger partial charge in [0.2, 0.25) is 0 Å². The summed E-state index contributed by atoms with van der Waals surface area (Å²) >= 11 is 0. The Morgan fingerprint density at radius 3 is 2.61 bits per heavy atom. The summed E-state index contributed by atoms with van der Waals surface area (Å²) in [6.07, 6.45) is 5.22. The number of hydrogen-bond acceptors (Lipinski definition) is 3. The first-order valence-electron chi connectivity index (χ1n) is 9.67. The van der Waals surface area contributed by atoms with E-state index in [9.17, 15) is 0 Å². The average molecular weight is 490 g/mol. The van der Waals surface area contributed by atoms with Crippen LogP contribution in [0.3, 0.4) is 0 Å². The van der Waals surface area contributed by atoms with Gasteiger partial charge in [-0.25, -0.2) is 0 Å². The van der Waals surface area contributed by atoms with Crippen molar-refractivity contribution in [2.24, 2.45) is 4.99 Å². The number of hydrogen-bond donors (Lipinski definition) is 2. The Morgan fingerprint density at radius 1 is 1.07 bits per heavy atom. The summed E-state index contributed by atoms with van der Waals surface area (Å²) in [5.74, 6) is 1.82. The van der Waals surface area contributed by atoms with Gasteiger partial charge in [-0.1, -0.05) is 36.4 Å². The van der Waals surface area contributed by atoms with Gasteiger partial charge in [0.1, 0.15) is 5.82 Å². The molecule has 0 aliphatic heterocycles. The van der Waals surface area contributed by atoms with E-state index >= 15 is 0 Å². The molecule has 1 saturated carbocycles. The zero-order chi connectivity index (χ0) is 18.5. The van der Waals surface area contributed by atoms with Crippen LogP contribution in [-0.2, 0) is 11.8 Å². The van der Waals surface area contributed by atoms with E-state index in [0.29, 0.717) is 0 Å². The molecule has 0 radical (unpaired) electrons. The van der Waals surface area contributed by atoms with E-state index in [1.165, 1.54) is 18.4 Å². The Labute approximate surface area is 182 Å². The smallest absolute Gasteiger partial charge is 0.191 e. The highest BCUT2D eigenvalue weighted by atomic mass is 127. The van der Waals surface area contributed by atoms with Crippen molar-refractivity contribution in [3.8, 4) is 0 Å². The number of aliphatic imine (C=N–C) groups is 1. The minimum atomic E-state index is 0. The number of nitrogens with zero attached hydrogens (tertiary/aromatic N) is 4. The number of rotatable bonds is 7. The lowest BCUT2D eigenvalue weighted by Crippen LogP contribution is -2.39. The van der Waals surface area contributed by atoms with Gasteiger partial charge < -0.3 is 10.6 Å². The van der Waals surface area contributed by atoms with Gasteiger partial charge >= 0.3 is 0 Å². The molecule has 0 spiro atoms. The molecule has 0 unspecified atom stereocenters. The van der Waals surface area contributed by atoms with Gasteiger partial charge in [-0.3, -0.25) is 9.39 Å². The molecule has 0 bridgehead atoms. The summed E-state index contributed by atoms with van der Waals surface area (Å²) in [4.78, 5) is 4.86. The summed E-state index contributed by atoms with van der Waals surface area (Å²) in [5, 5.41) is 15.3. The summed E-state index contributed by atoms with van der Waals surface area (Å²) in [6.45, 7) is 4.52. The van der Waals surface area contributed by atoms with E-state index in [1.54, 1.807) is 0 Å². The molecule has 0 saturated heterocycles. The predicted octanol–water partition coefficient (Wildman–Crippen LogP) is 3.18. The Kier molecular flexibility index (Phi) is 6.88. The number of benzene rings is 1. The lowest BCUT2D eigenvalue weighted by atomic mass is 9.96. The number of halogens is 1. The van der Waals surface area contributed by atoms with Crippen molar-refractivity contribution < 1.29 is 0 Å². The summed E-state index contributed by atoms with van der Waals surface area (Å²) < 4.78 is 2.03. The third kappa shape index (κ3) is 4.63. The molecule has 4 rings (SSSR count). The Bertz CT molecular complexity index is 917. The number of pyridine rings is 1. The van der Waals surface area contributed by atoms with Gasteiger partial charge in [0.25, 0.3) is 0 Å². The molecule has 1 aliphatic rings. The fourth-order valence-electron chi connectivity index (χ4n) is 3.41. The Morgan fingerprint density at radius 2 is 1.86 bits per heavy atom. The second-order valence-electron chi connectivity index (χ2n) is 7.06. The van der Waals surface area contributed by atoms with Crippen LogP contribution >= 0.6 is 24.0 Å². The molecule has 2 heterocycles. The molecule has 0 amide bonds. The molecular formula is C21H27IN6. The van der Waals surface area contributed by atoms with E-state index in [2.05, 4.69) is 58.1 Å². The maximum Gasteiger partial charge on any atom is 0.191 e. The monoisotopic (exact) mass is 490 g/mol. The number of fused-ring (bicyclic) bond motifs is 1. The zero-order valence-electron chi connectivity index (χ0n) is 16.1. The fourth-order valence-corrected chi connectivity index (χ4v) is 3.41. The SMILES string of the molecule is CCNC(=NCC1(c2ccccc2)CC1)NCCc1nnc2ccccn12.I. The first-order chi connectivity index (χ1) is 13.3.